The lowest BCUT2D eigenvalue weighted by atomic mass is 10.1. The van der Waals surface area contributed by atoms with E-state index in [1.54, 1.807) is 0 Å². The van der Waals surface area contributed by atoms with E-state index in [4.69, 9.17) is 10.5 Å². The summed E-state index contributed by atoms with van der Waals surface area (Å²) in [6.07, 6.45) is 0. The first-order valence-electron chi connectivity index (χ1n) is 2.93. The van der Waals surface area contributed by atoms with E-state index in [9.17, 15) is 4.79 Å². The van der Waals surface area contributed by atoms with Gasteiger partial charge in [0.2, 0.25) is 0 Å². The number of aliphatic hydroxyl groups excluding tert-OH is 1. The number of allylic oxidation sites excluding steroid dienone is 2. The van der Waals surface area contributed by atoms with Gasteiger partial charge in [-0.05, 0) is 20.8 Å². The van der Waals surface area contributed by atoms with Crippen molar-refractivity contribution in [3.8, 4) is 0 Å². The molecule has 3 heteroatoms. The van der Waals surface area contributed by atoms with E-state index in [0.29, 0.717) is 0 Å². The highest BCUT2D eigenvalue weighted by Crippen LogP contribution is 2.03. The van der Waals surface area contributed by atoms with E-state index in [0.717, 1.165) is 0 Å². The maximum Gasteiger partial charge on any atom is 0.164 e. The predicted molar refractivity (Wildman–Crippen MR) is 39.4 cm³/mol. The molecule has 0 radical (unpaired) electrons. The van der Waals surface area contributed by atoms with Crippen LogP contribution < -0.4 is 0 Å². The summed E-state index contributed by atoms with van der Waals surface area (Å²) in [7, 11) is 0. The van der Waals surface area contributed by atoms with Gasteiger partial charge in [-0.2, -0.15) is 0 Å². The minimum Gasteiger partial charge on any atom is -0.512 e. The van der Waals surface area contributed by atoms with E-state index in [1.807, 2.05) is 0 Å². The number of Topliss-reactive ketones (excluding diaryl/α,β-unsaturated/α-hetero) is 1. The fraction of sp³-hybridized carbons (Fsp3) is 0.429. The zero-order valence-electron chi connectivity index (χ0n) is 6.36. The normalized spacial score (nSPS) is 12.3. The number of carbonyl (C=O) groups excluding carboxylic acids is 1. The summed E-state index contributed by atoms with van der Waals surface area (Å²) in [4.78, 5) is 10.7. The summed E-state index contributed by atoms with van der Waals surface area (Å²) in [5.74, 6) is -0.354. The predicted octanol–water partition coefficient (Wildman–Crippen LogP) is 1.45. The van der Waals surface area contributed by atoms with Crippen LogP contribution in [0.5, 0.6) is 0 Å². The van der Waals surface area contributed by atoms with E-state index in [1.165, 1.54) is 20.8 Å². The monoisotopic (exact) mass is 141 g/mol. The van der Waals surface area contributed by atoms with Crippen molar-refractivity contribution in [1.29, 1.82) is 5.41 Å². The summed E-state index contributed by atoms with van der Waals surface area (Å²) >= 11 is 0. The lowest BCUT2D eigenvalue weighted by Gasteiger charge is -2.00. The van der Waals surface area contributed by atoms with E-state index >= 15 is 0 Å². The maximum atomic E-state index is 10.7. The van der Waals surface area contributed by atoms with Crippen LogP contribution in [0.4, 0.5) is 0 Å². The van der Waals surface area contributed by atoms with Crippen LogP contribution >= 0.6 is 0 Å². The molecular weight excluding hydrogens is 130 g/mol. The van der Waals surface area contributed by atoms with Gasteiger partial charge in [-0.25, -0.2) is 0 Å². The Morgan fingerprint density at radius 1 is 1.30 bits per heavy atom. The smallest absolute Gasteiger partial charge is 0.164 e. The maximum absolute atomic E-state index is 10.7. The summed E-state index contributed by atoms with van der Waals surface area (Å²) < 4.78 is 0. The van der Waals surface area contributed by atoms with Crippen molar-refractivity contribution in [3.63, 3.8) is 0 Å². The Balaban J connectivity index is 4.79. The molecule has 0 saturated carbocycles. The van der Waals surface area contributed by atoms with Gasteiger partial charge >= 0.3 is 0 Å². The molecule has 3 nitrogen and oxygen atoms in total. The fourth-order valence-corrected chi connectivity index (χ4v) is 0.790. The zero-order valence-corrected chi connectivity index (χ0v) is 6.36. The summed E-state index contributed by atoms with van der Waals surface area (Å²) in [6, 6.07) is 0. The third-order valence-electron chi connectivity index (χ3n) is 1.09. The molecule has 0 aromatic carbocycles. The van der Waals surface area contributed by atoms with Crippen molar-refractivity contribution in [2.45, 2.75) is 20.8 Å². The second-order valence-corrected chi connectivity index (χ2v) is 2.14. The second-order valence-electron chi connectivity index (χ2n) is 2.14. The van der Waals surface area contributed by atoms with Gasteiger partial charge in [-0.3, -0.25) is 4.79 Å². The van der Waals surface area contributed by atoms with Crippen molar-refractivity contribution in [1.82, 2.24) is 0 Å². The van der Waals surface area contributed by atoms with Gasteiger partial charge in [0.25, 0.3) is 0 Å². The summed E-state index contributed by atoms with van der Waals surface area (Å²) in [5, 5.41) is 15.9. The number of aliphatic hydroxyl groups is 1. The Morgan fingerprint density at radius 2 is 1.70 bits per heavy atom. The van der Waals surface area contributed by atoms with E-state index in [2.05, 4.69) is 0 Å². The van der Waals surface area contributed by atoms with Crippen LogP contribution in [-0.4, -0.2) is 16.6 Å². The first-order valence-corrected chi connectivity index (χ1v) is 2.93. The Kier molecular flexibility index (Phi) is 2.80. The fourth-order valence-electron chi connectivity index (χ4n) is 0.790. The molecule has 0 spiro atoms. The molecule has 0 fully saturated rings. The molecule has 0 amide bonds. The van der Waals surface area contributed by atoms with Crippen molar-refractivity contribution in [3.05, 3.63) is 11.3 Å². The molecule has 0 rings (SSSR count). The van der Waals surface area contributed by atoms with Crippen LogP contribution in [0.2, 0.25) is 0 Å². The zero-order chi connectivity index (χ0) is 8.31. The van der Waals surface area contributed by atoms with E-state index < -0.39 is 0 Å². The molecule has 0 atom stereocenters. The Hall–Kier alpha value is -1.12. The largest absolute Gasteiger partial charge is 0.512 e. The molecule has 0 unspecified atom stereocenters. The SMILES string of the molecule is CC(=N)C(C(C)=O)=C(C)O. The average molecular weight is 141 g/mol. The third-order valence-corrected chi connectivity index (χ3v) is 1.09. The van der Waals surface area contributed by atoms with Crippen LogP contribution in [-0.2, 0) is 4.79 Å². The lowest BCUT2D eigenvalue weighted by molar-refractivity contribution is -0.113. The van der Waals surface area contributed by atoms with Crippen LogP contribution in [0, 0.1) is 5.41 Å². The first-order chi connectivity index (χ1) is 4.46. The molecule has 10 heavy (non-hydrogen) atoms. The summed E-state index contributed by atoms with van der Waals surface area (Å²) in [5.41, 5.74) is 0.215. The number of nitrogens with one attached hydrogen (secondary N) is 1. The van der Waals surface area contributed by atoms with Crippen molar-refractivity contribution in [2.75, 3.05) is 0 Å². The van der Waals surface area contributed by atoms with Crippen LogP contribution in [0.3, 0.4) is 0 Å². The molecular formula is C7H11NO2. The Morgan fingerprint density at radius 3 is 1.70 bits per heavy atom. The van der Waals surface area contributed by atoms with E-state index in [-0.39, 0.29) is 22.8 Å². The molecule has 0 aliphatic rings. The van der Waals surface area contributed by atoms with Gasteiger partial charge < -0.3 is 10.5 Å². The van der Waals surface area contributed by atoms with Crippen molar-refractivity contribution in [2.24, 2.45) is 0 Å². The van der Waals surface area contributed by atoms with Crippen molar-refractivity contribution >= 4 is 11.5 Å². The van der Waals surface area contributed by atoms with Gasteiger partial charge in [0.05, 0.1) is 5.57 Å². The highest BCUT2D eigenvalue weighted by molar-refractivity contribution is 6.19. The molecule has 0 bridgehead atoms. The molecule has 0 heterocycles. The van der Waals surface area contributed by atoms with Gasteiger partial charge in [0.1, 0.15) is 5.76 Å². The van der Waals surface area contributed by atoms with Gasteiger partial charge in [0.15, 0.2) is 5.78 Å². The highest BCUT2D eigenvalue weighted by Gasteiger charge is 2.08. The molecule has 0 aliphatic carbocycles. The minimum atomic E-state index is -0.271. The van der Waals surface area contributed by atoms with Crippen LogP contribution in [0.25, 0.3) is 0 Å². The summed E-state index contributed by atoms with van der Waals surface area (Å²) in [6.45, 7) is 4.19. The Bertz CT molecular complexity index is 184. The number of carbonyl (C=O) groups is 1. The molecule has 0 aromatic rings. The Labute approximate surface area is 59.9 Å². The van der Waals surface area contributed by atoms with Crippen LogP contribution in [0.1, 0.15) is 20.8 Å². The first kappa shape index (κ1) is 8.88. The molecule has 0 aliphatic heterocycles. The standard InChI is InChI=1S/C7H11NO2/c1-4(8)7(5(2)9)6(3)10/h8-9H,1-3H3. The average Bonchev–Trinajstić information content (AvgIpc) is 1.59. The number of hydrogen-bond acceptors (Lipinski definition) is 3. The van der Waals surface area contributed by atoms with Gasteiger partial charge in [-0.15, -0.1) is 0 Å². The molecule has 0 aromatic heterocycles. The van der Waals surface area contributed by atoms with Gasteiger partial charge in [-0.1, -0.05) is 0 Å². The lowest BCUT2D eigenvalue weighted by Crippen LogP contribution is -2.07. The number of hydrogen-bond donors (Lipinski definition) is 2. The quantitative estimate of drug-likeness (QED) is 0.347. The van der Waals surface area contributed by atoms with Crippen molar-refractivity contribution < 1.29 is 9.90 Å². The second kappa shape index (κ2) is 3.15. The highest BCUT2D eigenvalue weighted by atomic mass is 16.3. The number of ketones is 1. The van der Waals surface area contributed by atoms with Gasteiger partial charge in [0, 0.05) is 5.71 Å². The van der Waals surface area contributed by atoms with Crippen LogP contribution in [0.15, 0.2) is 11.3 Å². The molecule has 2 N–H and O–H groups in total. The molecule has 56 valence electrons. The topological polar surface area (TPSA) is 61.2 Å². The third kappa shape index (κ3) is 2.01. The minimum absolute atomic E-state index is 0.0833. The molecule has 0 saturated heterocycles. The number of rotatable bonds is 2.